The van der Waals surface area contributed by atoms with Crippen LogP contribution in [0.1, 0.15) is 25.0 Å². The highest BCUT2D eigenvalue weighted by Gasteiger charge is 2.19. The molecule has 0 radical (unpaired) electrons. The van der Waals surface area contributed by atoms with Crippen molar-refractivity contribution in [2.24, 2.45) is 0 Å². The van der Waals surface area contributed by atoms with Gasteiger partial charge in [0.25, 0.3) is 0 Å². The first-order valence-electron chi connectivity index (χ1n) is 10.5. The summed E-state index contributed by atoms with van der Waals surface area (Å²) in [6, 6.07) is 15.6. The Morgan fingerprint density at radius 1 is 1.00 bits per heavy atom. The zero-order valence-corrected chi connectivity index (χ0v) is 19.3. The minimum absolute atomic E-state index is 0.644. The van der Waals surface area contributed by atoms with Crippen molar-refractivity contribution in [3.63, 3.8) is 0 Å². The van der Waals surface area contributed by atoms with Gasteiger partial charge in [-0.2, -0.15) is 0 Å². The molecule has 1 aliphatic rings. The molecule has 0 atom stereocenters. The molecule has 0 spiro atoms. The molecule has 1 fully saturated rings. The van der Waals surface area contributed by atoms with Crippen molar-refractivity contribution >= 4 is 11.8 Å². The molecular weight excluding hydrogens is 378 g/mol. The summed E-state index contributed by atoms with van der Waals surface area (Å²) in [5.74, 6) is 1.84. The van der Waals surface area contributed by atoms with E-state index < -0.39 is 0 Å². The lowest BCUT2D eigenvalue weighted by atomic mass is 10.1. The van der Waals surface area contributed by atoms with Crippen molar-refractivity contribution in [2.75, 3.05) is 46.5 Å². The lowest BCUT2D eigenvalue weighted by molar-refractivity contribution is 0.104. The van der Waals surface area contributed by atoms with Gasteiger partial charge in [0, 0.05) is 55.8 Å². The van der Waals surface area contributed by atoms with E-state index in [1.54, 1.807) is 11.8 Å². The number of hydrogen-bond acceptors (Lipinski definition) is 5. The maximum atomic E-state index is 6.24. The van der Waals surface area contributed by atoms with Crippen LogP contribution in [0.3, 0.4) is 0 Å². The molecule has 0 bridgehead atoms. The molecule has 5 heteroatoms. The van der Waals surface area contributed by atoms with Crippen LogP contribution in [0.25, 0.3) is 0 Å². The van der Waals surface area contributed by atoms with Crippen LogP contribution in [0.4, 0.5) is 0 Å². The van der Waals surface area contributed by atoms with E-state index in [9.17, 15) is 0 Å². The fourth-order valence-corrected chi connectivity index (χ4v) is 4.17. The highest BCUT2D eigenvalue weighted by molar-refractivity contribution is 7.98. The van der Waals surface area contributed by atoms with Crippen LogP contribution < -0.4 is 4.74 Å². The third-order valence-electron chi connectivity index (χ3n) is 5.44. The van der Waals surface area contributed by atoms with Gasteiger partial charge in [0.15, 0.2) is 0 Å². The minimum Gasteiger partial charge on any atom is -0.457 e. The van der Waals surface area contributed by atoms with Crippen LogP contribution in [0.15, 0.2) is 47.4 Å². The fourth-order valence-electron chi connectivity index (χ4n) is 3.76. The van der Waals surface area contributed by atoms with Gasteiger partial charge in [-0.25, -0.2) is 0 Å². The van der Waals surface area contributed by atoms with E-state index in [0.717, 1.165) is 50.8 Å². The van der Waals surface area contributed by atoms with Gasteiger partial charge in [-0.3, -0.25) is 9.80 Å². The number of ether oxygens (including phenoxy) is 1. The predicted molar refractivity (Wildman–Crippen MR) is 124 cm³/mol. The number of nitrogens with zero attached hydrogens (tertiary/aromatic N) is 3. The van der Waals surface area contributed by atoms with Crippen molar-refractivity contribution in [1.82, 2.24) is 14.7 Å². The highest BCUT2D eigenvalue weighted by atomic mass is 32.2. The summed E-state index contributed by atoms with van der Waals surface area (Å²) >= 11 is 1.75. The molecule has 0 aliphatic carbocycles. The second-order valence-corrected chi connectivity index (χ2v) is 9.24. The summed E-state index contributed by atoms with van der Waals surface area (Å²) in [7, 11) is 4.21. The van der Waals surface area contributed by atoms with Gasteiger partial charge in [0.2, 0.25) is 0 Å². The second kappa shape index (κ2) is 10.5. The SMILES string of the molecule is CSc1ccc(Oc2ccc(CN3CCN(C(C)C)CC3)cc2CN(C)C)cc1. The van der Waals surface area contributed by atoms with Gasteiger partial charge in [-0.05, 0) is 76.2 Å². The second-order valence-electron chi connectivity index (χ2n) is 8.36. The largest absolute Gasteiger partial charge is 0.457 e. The van der Waals surface area contributed by atoms with Crippen LogP contribution in [-0.2, 0) is 13.1 Å². The first-order valence-corrected chi connectivity index (χ1v) is 11.7. The third kappa shape index (κ3) is 6.48. The monoisotopic (exact) mass is 413 g/mol. The molecule has 0 saturated carbocycles. The lowest BCUT2D eigenvalue weighted by Crippen LogP contribution is -2.48. The van der Waals surface area contributed by atoms with Crippen molar-refractivity contribution in [1.29, 1.82) is 0 Å². The topological polar surface area (TPSA) is 19.0 Å². The van der Waals surface area contributed by atoms with E-state index in [0.29, 0.717) is 6.04 Å². The summed E-state index contributed by atoms with van der Waals surface area (Å²) in [6.45, 7) is 11.1. The summed E-state index contributed by atoms with van der Waals surface area (Å²) in [6.07, 6.45) is 2.09. The summed E-state index contributed by atoms with van der Waals surface area (Å²) in [4.78, 5) is 8.58. The predicted octanol–water partition coefficient (Wildman–Crippen LogP) is 4.79. The average Bonchev–Trinajstić information content (AvgIpc) is 2.70. The molecule has 1 heterocycles. The maximum Gasteiger partial charge on any atom is 0.131 e. The van der Waals surface area contributed by atoms with Gasteiger partial charge in [-0.15, -0.1) is 11.8 Å². The zero-order chi connectivity index (χ0) is 20.8. The molecule has 158 valence electrons. The molecule has 0 N–H and O–H groups in total. The molecule has 0 unspecified atom stereocenters. The van der Waals surface area contributed by atoms with Gasteiger partial charge in [0.1, 0.15) is 11.5 Å². The summed E-state index contributed by atoms with van der Waals surface area (Å²) in [5.41, 5.74) is 2.60. The summed E-state index contributed by atoms with van der Waals surface area (Å²) in [5, 5.41) is 0. The maximum absolute atomic E-state index is 6.24. The Bertz CT molecular complexity index is 768. The van der Waals surface area contributed by atoms with Crippen molar-refractivity contribution in [2.45, 2.75) is 37.9 Å². The Morgan fingerprint density at radius 3 is 2.28 bits per heavy atom. The third-order valence-corrected chi connectivity index (χ3v) is 6.19. The van der Waals surface area contributed by atoms with Gasteiger partial charge in [0.05, 0.1) is 0 Å². The Morgan fingerprint density at radius 2 is 1.69 bits per heavy atom. The normalized spacial score (nSPS) is 16.0. The van der Waals surface area contributed by atoms with Crippen LogP contribution >= 0.6 is 11.8 Å². The van der Waals surface area contributed by atoms with Crippen molar-refractivity contribution < 1.29 is 4.74 Å². The lowest BCUT2D eigenvalue weighted by Gasteiger charge is -2.37. The first kappa shape index (κ1) is 22.2. The van der Waals surface area contributed by atoms with E-state index in [4.69, 9.17) is 4.74 Å². The molecule has 2 aromatic carbocycles. The standard InChI is InChI=1S/C24H35N3OS/c1-19(2)27-14-12-26(13-15-27)17-20-6-11-24(21(16-20)18-25(3)4)28-22-7-9-23(29-5)10-8-22/h6-11,16,19H,12-15,17-18H2,1-5H3. The number of piperazine rings is 1. The van der Waals surface area contributed by atoms with E-state index in [1.807, 2.05) is 12.1 Å². The van der Waals surface area contributed by atoms with E-state index in [1.165, 1.54) is 16.0 Å². The molecule has 4 nitrogen and oxygen atoms in total. The molecule has 2 aromatic rings. The average molecular weight is 414 g/mol. The number of rotatable bonds is 8. The molecular formula is C24H35N3OS. The molecule has 1 aliphatic heterocycles. The highest BCUT2D eigenvalue weighted by Crippen LogP contribution is 2.29. The Hall–Kier alpha value is -1.53. The Balaban J connectivity index is 1.70. The van der Waals surface area contributed by atoms with Crippen molar-refractivity contribution in [3.8, 4) is 11.5 Å². The van der Waals surface area contributed by atoms with Crippen molar-refractivity contribution in [3.05, 3.63) is 53.6 Å². The van der Waals surface area contributed by atoms with E-state index in [-0.39, 0.29) is 0 Å². The fraction of sp³-hybridized carbons (Fsp3) is 0.500. The molecule has 1 saturated heterocycles. The molecule has 3 rings (SSSR count). The van der Waals surface area contributed by atoms with Gasteiger partial charge >= 0.3 is 0 Å². The molecule has 0 aromatic heterocycles. The molecule has 29 heavy (non-hydrogen) atoms. The summed E-state index contributed by atoms with van der Waals surface area (Å²) < 4.78 is 6.24. The van der Waals surface area contributed by atoms with E-state index in [2.05, 4.69) is 79.2 Å². The van der Waals surface area contributed by atoms with Crippen LogP contribution in [0, 0.1) is 0 Å². The van der Waals surface area contributed by atoms with Gasteiger partial charge in [-0.1, -0.05) is 6.07 Å². The zero-order valence-electron chi connectivity index (χ0n) is 18.5. The Labute approximate surface area is 180 Å². The van der Waals surface area contributed by atoms with E-state index >= 15 is 0 Å². The number of thioether (sulfide) groups is 1. The van der Waals surface area contributed by atoms with Crippen LogP contribution in [-0.4, -0.2) is 67.3 Å². The smallest absolute Gasteiger partial charge is 0.131 e. The number of hydrogen-bond donors (Lipinski definition) is 0. The molecule has 0 amide bonds. The Kier molecular flexibility index (Phi) is 8.01. The van der Waals surface area contributed by atoms with Gasteiger partial charge < -0.3 is 9.64 Å². The quantitative estimate of drug-likeness (QED) is 0.578. The van der Waals surface area contributed by atoms with Crippen LogP contribution in [0.2, 0.25) is 0 Å². The van der Waals surface area contributed by atoms with Crippen LogP contribution in [0.5, 0.6) is 11.5 Å². The minimum atomic E-state index is 0.644. The first-order chi connectivity index (χ1) is 13.9. The number of benzene rings is 2.